The Balaban J connectivity index is 1.61. The molecule has 1 fully saturated rings. The van der Waals surface area contributed by atoms with Gasteiger partial charge in [0.1, 0.15) is 17.2 Å². The Bertz CT molecular complexity index is 877. The molecule has 2 aromatic rings. The zero-order chi connectivity index (χ0) is 18.7. The summed E-state index contributed by atoms with van der Waals surface area (Å²) in [6, 6.07) is 6.76. The van der Waals surface area contributed by atoms with Crippen molar-refractivity contribution >= 4 is 46.2 Å². The Morgan fingerprint density at radius 2 is 1.88 bits per heavy atom. The number of nitrogens with one attached hydrogen (secondary N) is 1. The first-order valence-electron chi connectivity index (χ1n) is 7.48. The van der Waals surface area contributed by atoms with Gasteiger partial charge in [0.05, 0.1) is 4.91 Å². The monoisotopic (exact) mass is 394 g/mol. The van der Waals surface area contributed by atoms with Gasteiger partial charge in [-0.25, -0.2) is 8.78 Å². The van der Waals surface area contributed by atoms with E-state index in [9.17, 15) is 23.2 Å². The Hall–Kier alpha value is -2.52. The lowest BCUT2D eigenvalue weighted by atomic mass is 10.2. The van der Waals surface area contributed by atoms with E-state index in [1.54, 1.807) is 6.08 Å². The molecule has 1 aromatic heterocycles. The Morgan fingerprint density at radius 1 is 1.15 bits per heavy atom. The van der Waals surface area contributed by atoms with Crippen LogP contribution in [0.1, 0.15) is 15.2 Å². The summed E-state index contributed by atoms with van der Waals surface area (Å²) in [5.41, 5.74) is -0.695. The quantitative estimate of drug-likeness (QED) is 0.789. The molecular weight excluding hydrogens is 382 g/mol. The van der Waals surface area contributed by atoms with Crippen molar-refractivity contribution in [3.05, 3.63) is 62.7 Å². The predicted molar refractivity (Wildman–Crippen MR) is 95.7 cm³/mol. The van der Waals surface area contributed by atoms with Crippen LogP contribution < -0.4 is 5.32 Å². The van der Waals surface area contributed by atoms with Crippen molar-refractivity contribution in [2.75, 3.05) is 13.1 Å². The summed E-state index contributed by atoms with van der Waals surface area (Å²) in [4.78, 5) is 38.3. The van der Waals surface area contributed by atoms with Gasteiger partial charge in [-0.3, -0.25) is 19.3 Å². The van der Waals surface area contributed by atoms with Gasteiger partial charge in [-0.05, 0) is 41.4 Å². The second-order valence-electron chi connectivity index (χ2n) is 5.20. The fourth-order valence-electron chi connectivity index (χ4n) is 2.28. The SMILES string of the molecule is O=C(NCCN1C(=O)SC(=Cc2cccs2)C1=O)c1c(F)cccc1F. The van der Waals surface area contributed by atoms with E-state index in [0.717, 1.165) is 39.7 Å². The summed E-state index contributed by atoms with van der Waals surface area (Å²) in [5, 5.41) is 3.72. The van der Waals surface area contributed by atoms with Gasteiger partial charge < -0.3 is 5.32 Å². The lowest BCUT2D eigenvalue weighted by molar-refractivity contribution is -0.122. The number of hydrogen-bond donors (Lipinski definition) is 1. The van der Waals surface area contributed by atoms with Crippen LogP contribution in [0.3, 0.4) is 0 Å². The fraction of sp³-hybridized carbons (Fsp3) is 0.118. The lowest BCUT2D eigenvalue weighted by Crippen LogP contribution is -2.37. The van der Waals surface area contributed by atoms with Crippen LogP contribution in [0.5, 0.6) is 0 Å². The molecule has 0 radical (unpaired) electrons. The topological polar surface area (TPSA) is 66.5 Å². The Kier molecular flexibility index (Phi) is 5.48. The first-order chi connectivity index (χ1) is 12.5. The number of thiophene rings is 1. The van der Waals surface area contributed by atoms with Crippen molar-refractivity contribution in [2.45, 2.75) is 0 Å². The summed E-state index contributed by atoms with van der Waals surface area (Å²) in [6.07, 6.45) is 1.63. The minimum Gasteiger partial charge on any atom is -0.350 e. The minimum absolute atomic E-state index is 0.0890. The number of amides is 3. The average molecular weight is 394 g/mol. The zero-order valence-corrected chi connectivity index (χ0v) is 14.8. The molecular formula is C17H12F2N2O3S2. The van der Waals surface area contributed by atoms with Crippen LogP contribution in [0.4, 0.5) is 13.6 Å². The largest absolute Gasteiger partial charge is 0.350 e. The number of imide groups is 1. The van der Waals surface area contributed by atoms with Crippen molar-refractivity contribution in [1.82, 2.24) is 10.2 Å². The number of thioether (sulfide) groups is 1. The second-order valence-corrected chi connectivity index (χ2v) is 7.17. The summed E-state index contributed by atoms with van der Waals surface area (Å²) in [6.45, 7) is -0.203. The molecule has 1 aromatic carbocycles. The molecule has 1 saturated heterocycles. The number of nitrogens with zero attached hydrogens (tertiary/aromatic N) is 1. The van der Waals surface area contributed by atoms with Crippen LogP contribution in [0, 0.1) is 11.6 Å². The van der Waals surface area contributed by atoms with E-state index < -0.39 is 34.3 Å². The van der Waals surface area contributed by atoms with E-state index in [4.69, 9.17) is 0 Å². The molecule has 5 nitrogen and oxygen atoms in total. The molecule has 0 aliphatic carbocycles. The van der Waals surface area contributed by atoms with Crippen LogP contribution in [0.25, 0.3) is 6.08 Å². The van der Waals surface area contributed by atoms with Crippen LogP contribution in [0.15, 0.2) is 40.6 Å². The molecule has 9 heteroatoms. The van der Waals surface area contributed by atoms with Crippen LogP contribution in [-0.4, -0.2) is 35.0 Å². The molecule has 134 valence electrons. The van der Waals surface area contributed by atoms with Gasteiger partial charge in [-0.2, -0.15) is 0 Å². The number of benzene rings is 1. The third-order valence-electron chi connectivity index (χ3n) is 3.50. The fourth-order valence-corrected chi connectivity index (χ4v) is 3.87. The predicted octanol–water partition coefficient (Wildman–Crippen LogP) is 3.49. The number of rotatable bonds is 5. The standard InChI is InChI=1S/C17H12F2N2O3S2/c18-11-4-1-5-12(19)14(11)15(22)20-6-7-21-16(23)13(26-17(21)24)9-10-3-2-8-25-10/h1-5,8-9H,6-7H2,(H,20,22). The molecule has 2 heterocycles. The Morgan fingerprint density at radius 3 is 2.54 bits per heavy atom. The second kappa shape index (κ2) is 7.79. The molecule has 3 amide bonds. The first kappa shape index (κ1) is 18.3. The van der Waals surface area contributed by atoms with E-state index in [2.05, 4.69) is 5.32 Å². The highest BCUT2D eigenvalue weighted by atomic mass is 32.2. The third kappa shape index (κ3) is 3.83. The lowest BCUT2D eigenvalue weighted by Gasteiger charge is -2.13. The molecule has 1 N–H and O–H groups in total. The third-order valence-corrected chi connectivity index (χ3v) is 5.23. The van der Waals surface area contributed by atoms with E-state index >= 15 is 0 Å². The zero-order valence-electron chi connectivity index (χ0n) is 13.2. The Labute approximate surface area is 155 Å². The molecule has 1 aliphatic heterocycles. The van der Waals surface area contributed by atoms with E-state index in [-0.39, 0.29) is 13.1 Å². The number of halogens is 2. The molecule has 0 bridgehead atoms. The average Bonchev–Trinajstić information content (AvgIpc) is 3.18. The highest BCUT2D eigenvalue weighted by molar-refractivity contribution is 8.18. The van der Waals surface area contributed by atoms with Crippen LogP contribution in [-0.2, 0) is 4.79 Å². The number of carbonyl (C=O) groups is 3. The van der Waals surface area contributed by atoms with Gasteiger partial charge in [0.15, 0.2) is 0 Å². The summed E-state index contributed by atoms with van der Waals surface area (Å²) < 4.78 is 27.1. The van der Waals surface area contributed by atoms with Gasteiger partial charge in [0, 0.05) is 18.0 Å². The van der Waals surface area contributed by atoms with Crippen molar-refractivity contribution in [1.29, 1.82) is 0 Å². The van der Waals surface area contributed by atoms with Crippen LogP contribution >= 0.6 is 23.1 Å². The molecule has 0 atom stereocenters. The van der Waals surface area contributed by atoms with E-state index in [0.29, 0.717) is 4.91 Å². The maximum Gasteiger partial charge on any atom is 0.293 e. The summed E-state index contributed by atoms with van der Waals surface area (Å²) in [5.74, 6) is -3.36. The van der Waals surface area contributed by atoms with Crippen molar-refractivity contribution in [2.24, 2.45) is 0 Å². The molecule has 0 unspecified atom stereocenters. The van der Waals surface area contributed by atoms with Gasteiger partial charge in [-0.15, -0.1) is 11.3 Å². The normalized spacial score (nSPS) is 15.8. The number of carbonyl (C=O) groups excluding carboxylic acids is 3. The summed E-state index contributed by atoms with van der Waals surface area (Å²) >= 11 is 2.25. The van der Waals surface area contributed by atoms with E-state index in [1.165, 1.54) is 11.3 Å². The first-order valence-corrected chi connectivity index (χ1v) is 9.18. The summed E-state index contributed by atoms with van der Waals surface area (Å²) in [7, 11) is 0. The molecule has 3 rings (SSSR count). The van der Waals surface area contributed by atoms with Gasteiger partial charge in [0.2, 0.25) is 0 Å². The highest BCUT2D eigenvalue weighted by Crippen LogP contribution is 2.32. The molecule has 1 aliphatic rings. The van der Waals surface area contributed by atoms with Gasteiger partial charge >= 0.3 is 0 Å². The minimum atomic E-state index is -0.979. The van der Waals surface area contributed by atoms with Gasteiger partial charge in [-0.1, -0.05) is 12.1 Å². The smallest absolute Gasteiger partial charge is 0.293 e. The van der Waals surface area contributed by atoms with Gasteiger partial charge in [0.25, 0.3) is 17.1 Å². The maximum absolute atomic E-state index is 13.6. The molecule has 0 spiro atoms. The van der Waals surface area contributed by atoms with Crippen molar-refractivity contribution < 1.29 is 23.2 Å². The maximum atomic E-state index is 13.6. The van der Waals surface area contributed by atoms with Crippen molar-refractivity contribution in [3.63, 3.8) is 0 Å². The van der Waals surface area contributed by atoms with Crippen LogP contribution in [0.2, 0.25) is 0 Å². The molecule has 26 heavy (non-hydrogen) atoms. The van der Waals surface area contributed by atoms with E-state index in [1.807, 2.05) is 17.5 Å². The number of hydrogen-bond acceptors (Lipinski definition) is 5. The highest BCUT2D eigenvalue weighted by Gasteiger charge is 2.34. The van der Waals surface area contributed by atoms with Crippen molar-refractivity contribution in [3.8, 4) is 0 Å². The molecule has 0 saturated carbocycles.